The molecule has 3 rings (SSSR count). The van der Waals surface area contributed by atoms with E-state index < -0.39 is 17.2 Å². The third-order valence-corrected chi connectivity index (χ3v) is 3.93. The third-order valence-electron chi connectivity index (χ3n) is 3.93. The number of alkyl halides is 3. The molecule has 7 heteroatoms. The molecule has 2 heterocycles. The average Bonchev–Trinajstić information content (AvgIpc) is 2.80. The molecular weight excluding hydrogens is 307 g/mol. The van der Waals surface area contributed by atoms with Gasteiger partial charge in [0, 0.05) is 35.8 Å². The van der Waals surface area contributed by atoms with Crippen LogP contribution in [0.25, 0.3) is 21.8 Å². The van der Waals surface area contributed by atoms with Crippen molar-refractivity contribution in [1.82, 2.24) is 9.55 Å². The molecule has 0 aliphatic rings. The predicted molar refractivity (Wildman–Crippen MR) is 83.4 cm³/mol. The summed E-state index contributed by atoms with van der Waals surface area (Å²) < 4.78 is 41.9. The van der Waals surface area contributed by atoms with E-state index in [1.165, 1.54) is 6.07 Å². The predicted octanol–water partition coefficient (Wildman–Crippen LogP) is 3.24. The fourth-order valence-electron chi connectivity index (χ4n) is 2.96. The highest BCUT2D eigenvalue weighted by Gasteiger charge is 2.34. The summed E-state index contributed by atoms with van der Waals surface area (Å²) >= 11 is 0. The number of aromatic nitrogens is 2. The number of nitrogens with zero attached hydrogens (tertiary/aromatic N) is 1. The monoisotopic (exact) mass is 323 g/mol. The van der Waals surface area contributed by atoms with Crippen LogP contribution < -0.4 is 11.2 Å². The molecule has 23 heavy (non-hydrogen) atoms. The van der Waals surface area contributed by atoms with Gasteiger partial charge in [0.2, 0.25) is 0 Å². The first-order valence-electron chi connectivity index (χ1n) is 7.34. The molecule has 2 aromatic heterocycles. The summed E-state index contributed by atoms with van der Waals surface area (Å²) in [6.07, 6.45) is 0.157. The SMILES string of the molecule is NCCCCn1c2c[nH]ccc2c2c(C(F)(F)F)cc(=O)cc21. The molecular formula is C16H16F3N3O. The average molecular weight is 323 g/mol. The van der Waals surface area contributed by atoms with Crippen molar-refractivity contribution in [2.24, 2.45) is 5.73 Å². The number of unbranched alkanes of at least 4 members (excludes halogenated alkanes) is 1. The Hall–Kier alpha value is -2.28. The Balaban J connectivity index is 2.37. The Kier molecular flexibility index (Phi) is 3.89. The summed E-state index contributed by atoms with van der Waals surface area (Å²) in [4.78, 5) is 14.7. The van der Waals surface area contributed by atoms with Gasteiger partial charge >= 0.3 is 6.18 Å². The van der Waals surface area contributed by atoms with Crippen molar-refractivity contribution in [2.45, 2.75) is 25.6 Å². The molecule has 0 fully saturated rings. The lowest BCUT2D eigenvalue weighted by Crippen LogP contribution is -2.11. The zero-order chi connectivity index (χ0) is 16.6. The van der Waals surface area contributed by atoms with Crippen LogP contribution in [0.5, 0.6) is 0 Å². The van der Waals surface area contributed by atoms with Crippen LogP contribution in [0.3, 0.4) is 0 Å². The first-order valence-corrected chi connectivity index (χ1v) is 7.34. The van der Waals surface area contributed by atoms with Gasteiger partial charge in [-0.3, -0.25) is 4.79 Å². The quantitative estimate of drug-likeness (QED) is 0.724. The minimum Gasteiger partial charge on any atom is -0.366 e. The van der Waals surface area contributed by atoms with Gasteiger partial charge in [0.1, 0.15) is 0 Å². The van der Waals surface area contributed by atoms with Gasteiger partial charge in [0.15, 0.2) is 5.43 Å². The number of hydrogen-bond donors (Lipinski definition) is 2. The molecule has 122 valence electrons. The fraction of sp³-hybridized carbons (Fsp3) is 0.312. The van der Waals surface area contributed by atoms with E-state index in [4.69, 9.17) is 5.73 Å². The van der Waals surface area contributed by atoms with Crippen LogP contribution in [0.4, 0.5) is 13.2 Å². The van der Waals surface area contributed by atoms with Crippen molar-refractivity contribution in [3.8, 4) is 0 Å². The Bertz CT molecular complexity index is 908. The Morgan fingerprint density at radius 2 is 1.96 bits per heavy atom. The second-order valence-corrected chi connectivity index (χ2v) is 5.45. The summed E-state index contributed by atoms with van der Waals surface area (Å²) in [7, 11) is 0. The summed E-state index contributed by atoms with van der Waals surface area (Å²) in [5.74, 6) is 0. The van der Waals surface area contributed by atoms with Gasteiger partial charge in [-0.25, -0.2) is 0 Å². The summed E-state index contributed by atoms with van der Waals surface area (Å²) in [6, 6.07) is 3.55. The Morgan fingerprint density at radius 1 is 1.17 bits per heavy atom. The van der Waals surface area contributed by atoms with E-state index >= 15 is 0 Å². The number of H-pyrrole nitrogens is 1. The van der Waals surface area contributed by atoms with Crippen molar-refractivity contribution in [3.05, 3.63) is 46.4 Å². The molecule has 0 atom stereocenters. The van der Waals surface area contributed by atoms with Crippen molar-refractivity contribution in [3.63, 3.8) is 0 Å². The van der Waals surface area contributed by atoms with E-state index in [0.29, 0.717) is 35.6 Å². The summed E-state index contributed by atoms with van der Waals surface area (Å²) in [6.45, 7) is 1.03. The molecule has 0 radical (unpaired) electrons. The van der Waals surface area contributed by atoms with Crippen LogP contribution in [0.15, 0.2) is 35.4 Å². The molecule has 0 bridgehead atoms. The minimum absolute atomic E-state index is 0.0776. The number of pyridine rings is 1. The first kappa shape index (κ1) is 15.6. The zero-order valence-electron chi connectivity index (χ0n) is 12.3. The van der Waals surface area contributed by atoms with Crippen molar-refractivity contribution in [2.75, 3.05) is 6.54 Å². The van der Waals surface area contributed by atoms with Crippen LogP contribution in [-0.4, -0.2) is 16.1 Å². The largest absolute Gasteiger partial charge is 0.417 e. The summed E-state index contributed by atoms with van der Waals surface area (Å²) in [5.41, 5.74) is 4.93. The second kappa shape index (κ2) is 5.73. The number of nitrogens with two attached hydrogens (primary N) is 1. The van der Waals surface area contributed by atoms with Gasteiger partial charge in [0.05, 0.1) is 16.6 Å². The molecule has 0 unspecified atom stereocenters. The highest BCUT2D eigenvalue weighted by atomic mass is 19.4. The molecule has 0 spiro atoms. The second-order valence-electron chi connectivity index (χ2n) is 5.45. The van der Waals surface area contributed by atoms with E-state index in [9.17, 15) is 18.0 Å². The normalized spacial score (nSPS) is 12.3. The molecule has 0 saturated heterocycles. The fourth-order valence-corrected chi connectivity index (χ4v) is 2.96. The molecule has 0 saturated carbocycles. The van der Waals surface area contributed by atoms with Gasteiger partial charge in [-0.15, -0.1) is 0 Å². The maximum absolute atomic E-state index is 13.4. The van der Waals surface area contributed by atoms with Crippen molar-refractivity contribution < 1.29 is 13.2 Å². The van der Waals surface area contributed by atoms with Crippen molar-refractivity contribution in [1.29, 1.82) is 0 Å². The van der Waals surface area contributed by atoms with Gasteiger partial charge in [0.25, 0.3) is 0 Å². The lowest BCUT2D eigenvalue weighted by Gasteiger charge is -2.09. The zero-order valence-corrected chi connectivity index (χ0v) is 12.3. The van der Waals surface area contributed by atoms with Crippen molar-refractivity contribution >= 4 is 21.8 Å². The summed E-state index contributed by atoms with van der Waals surface area (Å²) in [5, 5.41) is 0.563. The smallest absolute Gasteiger partial charge is 0.366 e. The number of hydrogen-bond acceptors (Lipinski definition) is 2. The molecule has 3 N–H and O–H groups in total. The van der Waals surface area contributed by atoms with Crippen LogP contribution >= 0.6 is 0 Å². The Morgan fingerprint density at radius 3 is 2.65 bits per heavy atom. The minimum atomic E-state index is -4.57. The maximum atomic E-state index is 13.4. The molecule has 0 aliphatic carbocycles. The van der Waals surface area contributed by atoms with Crippen LogP contribution in [0.2, 0.25) is 0 Å². The maximum Gasteiger partial charge on any atom is 0.417 e. The van der Waals surface area contributed by atoms with E-state index in [0.717, 1.165) is 12.8 Å². The standard InChI is InChI=1S/C16H16F3N3O/c17-16(18,19)12-7-10(23)8-13-15(12)11-3-5-21-9-14(11)22(13)6-2-1-4-20/h3,5,7-9,21H,1-2,4,6,20H2. The van der Waals surface area contributed by atoms with Gasteiger partial charge < -0.3 is 15.3 Å². The number of nitrogens with one attached hydrogen (secondary N) is 1. The molecule has 4 nitrogen and oxygen atoms in total. The molecule has 0 amide bonds. The number of aryl methyl sites for hydroxylation is 1. The van der Waals surface area contributed by atoms with Crippen LogP contribution in [0, 0.1) is 0 Å². The number of benzene rings is 1. The number of halogens is 3. The van der Waals surface area contributed by atoms with Crippen LogP contribution in [-0.2, 0) is 12.7 Å². The van der Waals surface area contributed by atoms with Gasteiger partial charge in [-0.05, 0) is 31.5 Å². The van der Waals surface area contributed by atoms with Crippen LogP contribution in [0.1, 0.15) is 18.4 Å². The topological polar surface area (TPSA) is 63.8 Å². The highest BCUT2D eigenvalue weighted by Crippen LogP contribution is 2.38. The number of rotatable bonds is 4. The van der Waals surface area contributed by atoms with E-state index in [1.54, 1.807) is 23.0 Å². The third kappa shape index (κ3) is 2.72. The lowest BCUT2D eigenvalue weighted by molar-refractivity contribution is -0.136. The van der Waals surface area contributed by atoms with E-state index in [2.05, 4.69) is 4.98 Å². The van der Waals surface area contributed by atoms with E-state index in [1.807, 2.05) is 0 Å². The van der Waals surface area contributed by atoms with E-state index in [-0.39, 0.29) is 5.39 Å². The molecule has 3 aromatic rings. The number of fused-ring (bicyclic) bond motifs is 3. The molecule has 1 aromatic carbocycles. The highest BCUT2D eigenvalue weighted by molar-refractivity contribution is 6.09. The van der Waals surface area contributed by atoms with Gasteiger partial charge in [-0.2, -0.15) is 13.2 Å². The van der Waals surface area contributed by atoms with Gasteiger partial charge in [-0.1, -0.05) is 0 Å². The molecule has 0 aliphatic heterocycles. The number of aromatic amines is 1. The first-order chi connectivity index (χ1) is 10.9. The Labute approximate surface area is 129 Å². The lowest BCUT2D eigenvalue weighted by atomic mass is 10.1.